The Bertz CT molecular complexity index is 730. The van der Waals surface area contributed by atoms with Crippen molar-refractivity contribution in [3.8, 4) is 0 Å². The van der Waals surface area contributed by atoms with Gasteiger partial charge in [0, 0.05) is 25.1 Å². The standard InChI is InChI=1S/C22H35N5O4/c1-14(2)16(5)25-22(29)21(15(3)4)26-18-13-23-17(12-24-18)9-10-19(28)27-31-20-8-6-7-11-30-20/h9-10,12-16,20-21H,6-8,11H2,1-5H3,(H,24,26)(H,25,29)(H,27,28)/b10-9+/t16-,20?,21+/m0/s1. The molecule has 172 valence electrons. The number of carbonyl (C=O) groups excluding carboxylic acids is 2. The van der Waals surface area contributed by atoms with E-state index in [0.29, 0.717) is 24.0 Å². The average Bonchev–Trinajstić information content (AvgIpc) is 2.75. The van der Waals surface area contributed by atoms with Crippen LogP contribution in [0.4, 0.5) is 5.82 Å². The zero-order valence-corrected chi connectivity index (χ0v) is 19.1. The zero-order valence-electron chi connectivity index (χ0n) is 19.1. The molecule has 1 aromatic heterocycles. The zero-order chi connectivity index (χ0) is 22.8. The number of nitrogens with zero attached hydrogens (tertiary/aromatic N) is 2. The van der Waals surface area contributed by atoms with Gasteiger partial charge in [-0.15, -0.1) is 0 Å². The highest BCUT2D eigenvalue weighted by Gasteiger charge is 2.24. The van der Waals surface area contributed by atoms with Crippen molar-refractivity contribution in [2.45, 2.75) is 72.3 Å². The van der Waals surface area contributed by atoms with Crippen LogP contribution in [0.3, 0.4) is 0 Å². The van der Waals surface area contributed by atoms with E-state index in [9.17, 15) is 9.59 Å². The Balaban J connectivity index is 1.86. The minimum atomic E-state index is -0.429. The number of rotatable bonds is 10. The molecular weight excluding hydrogens is 398 g/mol. The number of hydrogen-bond acceptors (Lipinski definition) is 7. The van der Waals surface area contributed by atoms with E-state index in [-0.39, 0.29) is 17.9 Å². The normalized spacial score (nSPS) is 18.7. The summed E-state index contributed by atoms with van der Waals surface area (Å²) in [5.41, 5.74) is 2.86. The second kappa shape index (κ2) is 12.4. The average molecular weight is 434 g/mol. The summed E-state index contributed by atoms with van der Waals surface area (Å²) < 4.78 is 5.38. The molecule has 3 N–H and O–H groups in total. The SMILES string of the molecule is CC(C)[C@H](C)NC(=O)[C@H](Nc1cnc(/C=C/C(=O)NOC2CCCCO2)cn1)C(C)C. The fourth-order valence-electron chi connectivity index (χ4n) is 2.80. The molecule has 1 aliphatic rings. The summed E-state index contributed by atoms with van der Waals surface area (Å²) >= 11 is 0. The molecule has 0 radical (unpaired) electrons. The molecule has 0 aromatic carbocycles. The van der Waals surface area contributed by atoms with E-state index in [1.807, 2.05) is 20.8 Å². The molecule has 1 aromatic rings. The molecule has 0 bridgehead atoms. The van der Waals surface area contributed by atoms with E-state index < -0.39 is 18.2 Å². The fourth-order valence-corrected chi connectivity index (χ4v) is 2.80. The van der Waals surface area contributed by atoms with Gasteiger partial charge < -0.3 is 15.4 Å². The van der Waals surface area contributed by atoms with Crippen LogP contribution in [0.1, 0.15) is 59.6 Å². The van der Waals surface area contributed by atoms with Gasteiger partial charge in [0.25, 0.3) is 5.91 Å². The Morgan fingerprint density at radius 3 is 2.48 bits per heavy atom. The molecule has 0 spiro atoms. The molecule has 9 nitrogen and oxygen atoms in total. The largest absolute Gasteiger partial charge is 0.357 e. The van der Waals surface area contributed by atoms with Gasteiger partial charge in [0.2, 0.25) is 5.91 Å². The first kappa shape index (κ1) is 24.7. The first-order valence-electron chi connectivity index (χ1n) is 10.9. The molecule has 1 saturated heterocycles. The summed E-state index contributed by atoms with van der Waals surface area (Å²) in [6.07, 6.45) is 8.31. The van der Waals surface area contributed by atoms with Crippen LogP contribution in [0.15, 0.2) is 18.5 Å². The summed E-state index contributed by atoms with van der Waals surface area (Å²) in [6.45, 7) is 10.7. The molecule has 2 amide bonds. The smallest absolute Gasteiger partial charge is 0.267 e. The lowest BCUT2D eigenvalue weighted by atomic mass is 10.0. The summed E-state index contributed by atoms with van der Waals surface area (Å²) in [4.78, 5) is 38.3. The highest BCUT2D eigenvalue weighted by Crippen LogP contribution is 2.13. The van der Waals surface area contributed by atoms with Gasteiger partial charge >= 0.3 is 0 Å². The molecular formula is C22H35N5O4. The maximum atomic E-state index is 12.6. The number of hydroxylamine groups is 1. The Labute approximate surface area is 184 Å². The predicted octanol–water partition coefficient (Wildman–Crippen LogP) is 2.66. The Morgan fingerprint density at radius 2 is 1.90 bits per heavy atom. The van der Waals surface area contributed by atoms with Gasteiger partial charge in [-0.2, -0.15) is 0 Å². The van der Waals surface area contributed by atoms with Gasteiger partial charge in [-0.3, -0.25) is 14.6 Å². The van der Waals surface area contributed by atoms with Crippen molar-refractivity contribution in [1.82, 2.24) is 20.8 Å². The van der Waals surface area contributed by atoms with E-state index in [0.717, 1.165) is 19.3 Å². The lowest BCUT2D eigenvalue weighted by molar-refractivity contribution is -0.198. The van der Waals surface area contributed by atoms with Gasteiger partial charge in [-0.25, -0.2) is 15.3 Å². The van der Waals surface area contributed by atoms with Crippen molar-refractivity contribution in [1.29, 1.82) is 0 Å². The second-order valence-corrected chi connectivity index (χ2v) is 8.45. The molecule has 9 heteroatoms. The van der Waals surface area contributed by atoms with Crippen molar-refractivity contribution in [3.63, 3.8) is 0 Å². The van der Waals surface area contributed by atoms with E-state index in [1.54, 1.807) is 6.20 Å². The number of nitrogens with one attached hydrogen (secondary N) is 3. The number of amides is 2. The van der Waals surface area contributed by atoms with Gasteiger partial charge in [0.15, 0.2) is 6.29 Å². The minimum Gasteiger partial charge on any atom is -0.357 e. The highest BCUT2D eigenvalue weighted by molar-refractivity contribution is 5.90. The Hall–Kier alpha value is -2.52. The topological polar surface area (TPSA) is 114 Å². The van der Waals surface area contributed by atoms with Crippen LogP contribution in [0.2, 0.25) is 0 Å². The van der Waals surface area contributed by atoms with E-state index >= 15 is 0 Å². The van der Waals surface area contributed by atoms with Crippen LogP contribution in [0.5, 0.6) is 0 Å². The third-order valence-corrected chi connectivity index (χ3v) is 5.13. The molecule has 1 fully saturated rings. The molecule has 1 unspecified atom stereocenters. The number of aromatic nitrogens is 2. The summed E-state index contributed by atoms with van der Waals surface area (Å²) in [7, 11) is 0. The quantitative estimate of drug-likeness (QED) is 0.384. The van der Waals surface area contributed by atoms with Crippen LogP contribution >= 0.6 is 0 Å². The number of carbonyl (C=O) groups is 2. The molecule has 0 aliphatic carbocycles. The van der Waals surface area contributed by atoms with Crippen molar-refractivity contribution in [2.24, 2.45) is 11.8 Å². The van der Waals surface area contributed by atoms with E-state index in [4.69, 9.17) is 9.57 Å². The Kier molecular flexibility index (Phi) is 9.87. The van der Waals surface area contributed by atoms with Crippen LogP contribution in [-0.4, -0.2) is 46.8 Å². The van der Waals surface area contributed by atoms with E-state index in [2.05, 4.69) is 39.9 Å². The van der Waals surface area contributed by atoms with Crippen molar-refractivity contribution in [3.05, 3.63) is 24.2 Å². The first-order chi connectivity index (χ1) is 14.8. The van der Waals surface area contributed by atoms with Crippen molar-refractivity contribution < 1.29 is 19.2 Å². The lowest BCUT2D eigenvalue weighted by Gasteiger charge is -2.25. The van der Waals surface area contributed by atoms with Crippen LogP contribution in [-0.2, 0) is 19.2 Å². The number of hydrogen-bond donors (Lipinski definition) is 3. The second-order valence-electron chi connectivity index (χ2n) is 8.45. The van der Waals surface area contributed by atoms with Crippen molar-refractivity contribution in [2.75, 3.05) is 11.9 Å². The number of anilines is 1. The van der Waals surface area contributed by atoms with Gasteiger partial charge in [-0.1, -0.05) is 27.7 Å². The fraction of sp³-hybridized carbons (Fsp3) is 0.636. The molecule has 1 aliphatic heterocycles. The predicted molar refractivity (Wildman–Crippen MR) is 119 cm³/mol. The van der Waals surface area contributed by atoms with Crippen molar-refractivity contribution >= 4 is 23.7 Å². The first-order valence-corrected chi connectivity index (χ1v) is 10.9. The van der Waals surface area contributed by atoms with Crippen LogP contribution < -0.4 is 16.1 Å². The van der Waals surface area contributed by atoms with Crippen LogP contribution in [0.25, 0.3) is 6.08 Å². The molecule has 0 saturated carbocycles. The monoisotopic (exact) mass is 433 g/mol. The molecule has 2 rings (SSSR count). The minimum absolute atomic E-state index is 0.0672. The molecule has 31 heavy (non-hydrogen) atoms. The summed E-state index contributed by atoms with van der Waals surface area (Å²) in [5, 5.41) is 6.18. The maximum Gasteiger partial charge on any atom is 0.267 e. The Morgan fingerprint density at radius 1 is 1.13 bits per heavy atom. The highest BCUT2D eigenvalue weighted by atomic mass is 16.8. The summed E-state index contributed by atoms with van der Waals surface area (Å²) in [5.74, 6) is 0.429. The van der Waals surface area contributed by atoms with Crippen LogP contribution in [0, 0.1) is 11.8 Å². The van der Waals surface area contributed by atoms with E-state index in [1.165, 1.54) is 18.3 Å². The third kappa shape index (κ3) is 8.63. The third-order valence-electron chi connectivity index (χ3n) is 5.13. The van der Waals surface area contributed by atoms with Gasteiger partial charge in [0.1, 0.15) is 11.9 Å². The maximum absolute atomic E-state index is 12.6. The molecule has 2 heterocycles. The van der Waals surface area contributed by atoms with Gasteiger partial charge in [0.05, 0.1) is 18.1 Å². The summed E-state index contributed by atoms with van der Waals surface area (Å²) in [6, 6.07) is -0.351. The lowest BCUT2D eigenvalue weighted by Crippen LogP contribution is -2.47. The molecule has 3 atom stereocenters. The number of ether oxygens (including phenoxy) is 1. The van der Waals surface area contributed by atoms with Gasteiger partial charge in [-0.05, 0) is 37.7 Å².